The first-order valence-corrected chi connectivity index (χ1v) is 12.8. The molecule has 5 rings (SSSR count). The van der Waals surface area contributed by atoms with Gasteiger partial charge in [-0.25, -0.2) is 4.68 Å². The molecule has 0 N–H and O–H groups in total. The van der Waals surface area contributed by atoms with E-state index in [4.69, 9.17) is 0 Å². The molecule has 0 saturated carbocycles. The van der Waals surface area contributed by atoms with Gasteiger partial charge in [-0.3, -0.25) is 9.69 Å². The number of aromatic nitrogens is 2. The van der Waals surface area contributed by atoms with Gasteiger partial charge in [0, 0.05) is 11.8 Å². The minimum Gasteiger partial charge on any atom is -0.406 e. The first-order valence-electron chi connectivity index (χ1n) is 11.8. The Labute approximate surface area is 226 Å². The molecular weight excluding hydrogens is 527 g/mol. The van der Waals surface area contributed by atoms with Crippen molar-refractivity contribution in [2.75, 3.05) is 10.7 Å². The molecule has 2 heterocycles. The third-order valence-electron chi connectivity index (χ3n) is 5.91. The second-order valence-corrected chi connectivity index (χ2v) is 9.64. The van der Waals surface area contributed by atoms with Crippen molar-refractivity contribution < 1.29 is 22.7 Å². The predicted molar refractivity (Wildman–Crippen MR) is 147 cm³/mol. The molecule has 1 aliphatic heterocycles. The van der Waals surface area contributed by atoms with Gasteiger partial charge in [-0.1, -0.05) is 54.2 Å². The largest absolute Gasteiger partial charge is 0.573 e. The number of hydrogen-bond donors (Lipinski definition) is 0. The van der Waals surface area contributed by atoms with E-state index in [0.29, 0.717) is 22.3 Å². The number of para-hydroxylation sites is 1. The molecule has 0 radical (unpaired) electrons. The van der Waals surface area contributed by atoms with Crippen LogP contribution in [0.1, 0.15) is 16.7 Å². The van der Waals surface area contributed by atoms with Gasteiger partial charge in [-0.05, 0) is 60.9 Å². The lowest BCUT2D eigenvalue weighted by molar-refractivity contribution is -0.274. The van der Waals surface area contributed by atoms with Crippen molar-refractivity contribution in [2.24, 2.45) is 10.2 Å². The van der Waals surface area contributed by atoms with Crippen molar-refractivity contribution in [1.29, 1.82) is 0 Å². The number of nitrogens with zero attached hydrogens (tertiary/aromatic N) is 5. The van der Waals surface area contributed by atoms with Crippen molar-refractivity contribution in [1.82, 2.24) is 9.78 Å². The van der Waals surface area contributed by atoms with Gasteiger partial charge in [-0.2, -0.15) is 10.2 Å². The highest BCUT2D eigenvalue weighted by atomic mass is 32.2. The second kappa shape index (κ2) is 10.8. The standard InChI is InChI=1S/C28H22F3N5O2S/c1-18-4-3-5-19(2)26(18)36-25(37)17-39-27(36)33-32-16-20-6-8-21(9-7-20)24-14-15-35(34-24)22-10-12-23(13-11-22)38-28(29,30)31/h3-16H,17H2,1-2H3/b32-16+,33-27-. The summed E-state index contributed by atoms with van der Waals surface area (Å²) in [5.74, 6) is -0.00698. The lowest BCUT2D eigenvalue weighted by Gasteiger charge is -2.20. The molecule has 11 heteroatoms. The quantitative estimate of drug-likeness (QED) is 0.203. The Hall–Kier alpha value is -4.38. The summed E-state index contributed by atoms with van der Waals surface area (Å²) >= 11 is 1.35. The highest BCUT2D eigenvalue weighted by Gasteiger charge is 2.32. The van der Waals surface area contributed by atoms with E-state index < -0.39 is 6.36 Å². The summed E-state index contributed by atoms with van der Waals surface area (Å²) in [7, 11) is 0. The monoisotopic (exact) mass is 549 g/mol. The van der Waals surface area contributed by atoms with Gasteiger partial charge >= 0.3 is 6.36 Å². The van der Waals surface area contributed by atoms with Crippen LogP contribution in [-0.2, 0) is 4.79 Å². The van der Waals surface area contributed by atoms with Gasteiger partial charge in [0.15, 0.2) is 5.17 Å². The fraction of sp³-hybridized carbons (Fsp3) is 0.143. The molecule has 0 atom stereocenters. The molecule has 1 saturated heterocycles. The summed E-state index contributed by atoms with van der Waals surface area (Å²) in [6, 6.07) is 20.7. The Balaban J connectivity index is 1.27. The van der Waals surface area contributed by atoms with Crippen molar-refractivity contribution in [3.05, 3.63) is 95.7 Å². The van der Waals surface area contributed by atoms with Crippen LogP contribution < -0.4 is 9.64 Å². The van der Waals surface area contributed by atoms with E-state index in [-0.39, 0.29) is 11.7 Å². The molecule has 7 nitrogen and oxygen atoms in total. The molecule has 0 unspecified atom stereocenters. The van der Waals surface area contributed by atoms with Crippen LogP contribution in [0.4, 0.5) is 18.9 Å². The lowest BCUT2D eigenvalue weighted by atomic mass is 10.1. The number of anilines is 1. The average Bonchev–Trinajstić information content (AvgIpc) is 3.52. The minimum absolute atomic E-state index is 0.0271. The summed E-state index contributed by atoms with van der Waals surface area (Å²) in [5, 5.41) is 13.6. The topological polar surface area (TPSA) is 72.1 Å². The number of aryl methyl sites for hydroxylation is 2. The molecule has 4 aromatic rings. The second-order valence-electron chi connectivity index (χ2n) is 8.69. The number of rotatable bonds is 6. The minimum atomic E-state index is -4.74. The van der Waals surface area contributed by atoms with Gasteiger partial charge in [0.25, 0.3) is 0 Å². The summed E-state index contributed by atoms with van der Waals surface area (Å²) in [4.78, 5) is 14.2. The number of carbonyl (C=O) groups excluding carboxylic acids is 1. The fourth-order valence-electron chi connectivity index (χ4n) is 4.12. The maximum absolute atomic E-state index is 12.6. The SMILES string of the molecule is Cc1cccc(C)c1N1C(=O)CS/C1=N\N=C\c1ccc(-c2ccn(-c3ccc(OC(F)(F)F)cc3)n2)cc1. The number of halogens is 3. The highest BCUT2D eigenvalue weighted by molar-refractivity contribution is 8.15. The van der Waals surface area contributed by atoms with Gasteiger partial charge < -0.3 is 4.74 Å². The maximum atomic E-state index is 12.6. The molecule has 1 amide bonds. The number of thioether (sulfide) groups is 1. The van der Waals surface area contributed by atoms with Crippen LogP contribution in [0.3, 0.4) is 0 Å². The third kappa shape index (κ3) is 6.04. The first kappa shape index (κ1) is 26.2. The van der Waals surface area contributed by atoms with Gasteiger partial charge in [0.2, 0.25) is 5.91 Å². The van der Waals surface area contributed by atoms with Gasteiger partial charge in [0.05, 0.1) is 29.0 Å². The molecule has 1 aliphatic rings. The zero-order valence-corrected chi connectivity index (χ0v) is 21.7. The number of amidine groups is 1. The Morgan fingerprint density at radius 1 is 0.974 bits per heavy atom. The normalized spacial score (nSPS) is 15.1. The van der Waals surface area contributed by atoms with Crippen LogP contribution in [0.5, 0.6) is 5.75 Å². The molecule has 0 spiro atoms. The molecule has 3 aromatic carbocycles. The van der Waals surface area contributed by atoms with Crippen molar-refractivity contribution in [3.8, 4) is 22.7 Å². The first-order chi connectivity index (χ1) is 18.7. The Morgan fingerprint density at radius 3 is 2.33 bits per heavy atom. The molecule has 198 valence electrons. The highest BCUT2D eigenvalue weighted by Crippen LogP contribution is 2.32. The van der Waals surface area contributed by atoms with E-state index in [9.17, 15) is 18.0 Å². The third-order valence-corrected chi connectivity index (χ3v) is 6.82. The van der Waals surface area contributed by atoms with Crippen molar-refractivity contribution in [3.63, 3.8) is 0 Å². The van der Waals surface area contributed by atoms with Crippen LogP contribution >= 0.6 is 11.8 Å². The van der Waals surface area contributed by atoms with E-state index in [1.54, 1.807) is 22.0 Å². The number of alkyl halides is 3. The molecule has 0 aliphatic carbocycles. The Kier molecular flexibility index (Phi) is 7.25. The molecule has 39 heavy (non-hydrogen) atoms. The average molecular weight is 550 g/mol. The predicted octanol–water partition coefficient (Wildman–Crippen LogP) is 6.52. The van der Waals surface area contributed by atoms with Gasteiger partial charge in [0.1, 0.15) is 5.75 Å². The van der Waals surface area contributed by atoms with E-state index in [2.05, 4.69) is 20.0 Å². The Morgan fingerprint density at radius 2 is 1.67 bits per heavy atom. The van der Waals surface area contributed by atoms with Crippen LogP contribution in [0.2, 0.25) is 0 Å². The van der Waals surface area contributed by atoms with Crippen molar-refractivity contribution in [2.45, 2.75) is 20.2 Å². The van der Waals surface area contributed by atoms with Crippen LogP contribution in [0, 0.1) is 13.8 Å². The zero-order valence-electron chi connectivity index (χ0n) is 20.9. The smallest absolute Gasteiger partial charge is 0.406 e. The maximum Gasteiger partial charge on any atom is 0.573 e. The molecule has 0 bridgehead atoms. The number of amides is 1. The van der Waals surface area contributed by atoms with E-state index >= 15 is 0 Å². The molecule has 1 fully saturated rings. The van der Waals surface area contributed by atoms with E-state index in [1.807, 2.05) is 62.4 Å². The number of carbonyl (C=O) groups is 1. The van der Waals surface area contributed by atoms with E-state index in [0.717, 1.165) is 27.9 Å². The van der Waals surface area contributed by atoms with Crippen LogP contribution in [-0.4, -0.2) is 39.2 Å². The van der Waals surface area contributed by atoms with Crippen LogP contribution in [0.15, 0.2) is 89.2 Å². The molecule has 1 aromatic heterocycles. The van der Waals surface area contributed by atoms with Crippen LogP contribution in [0.25, 0.3) is 16.9 Å². The number of ether oxygens (including phenoxy) is 1. The number of hydrogen-bond acceptors (Lipinski definition) is 6. The van der Waals surface area contributed by atoms with E-state index in [1.165, 1.54) is 36.0 Å². The Bertz CT molecular complexity index is 1540. The fourth-order valence-corrected chi connectivity index (χ4v) is 4.93. The number of benzene rings is 3. The zero-order chi connectivity index (χ0) is 27.6. The molecular formula is C28H22F3N5O2S. The summed E-state index contributed by atoms with van der Waals surface area (Å²) in [5.41, 5.74) is 5.79. The summed E-state index contributed by atoms with van der Waals surface area (Å²) < 4.78 is 42.6. The summed E-state index contributed by atoms with van der Waals surface area (Å²) in [6.07, 6.45) is -1.39. The van der Waals surface area contributed by atoms with Gasteiger partial charge in [-0.15, -0.1) is 18.3 Å². The van der Waals surface area contributed by atoms with Crippen molar-refractivity contribution >= 4 is 34.7 Å². The summed E-state index contributed by atoms with van der Waals surface area (Å²) in [6.45, 7) is 3.93. The lowest BCUT2D eigenvalue weighted by Crippen LogP contribution is -2.30.